The summed E-state index contributed by atoms with van der Waals surface area (Å²) in [5, 5.41) is 6.86. The average Bonchev–Trinajstić information content (AvgIpc) is 2.95. The molecule has 0 saturated carbocycles. The maximum Gasteiger partial charge on any atom is 0.246 e. The molecule has 41 heavy (non-hydrogen) atoms. The average molecular weight is 594 g/mol. The molecule has 4 aromatic rings. The molecule has 0 aliphatic rings. The van der Waals surface area contributed by atoms with Crippen LogP contribution in [0.15, 0.2) is 60.8 Å². The summed E-state index contributed by atoms with van der Waals surface area (Å²) in [4.78, 5) is 46.5. The highest BCUT2D eigenvalue weighted by Gasteiger charge is 2.19. The fourth-order valence-corrected chi connectivity index (χ4v) is 4.67. The number of rotatable bonds is 10. The number of para-hydroxylation sites is 1. The minimum absolute atomic E-state index is 0.0691. The highest BCUT2D eigenvalue weighted by molar-refractivity contribution is 6.38. The van der Waals surface area contributed by atoms with E-state index < -0.39 is 0 Å². The summed E-state index contributed by atoms with van der Waals surface area (Å²) in [6, 6.07) is 16.3. The maximum atomic E-state index is 12.9. The SMILES string of the molecule is CC(=O)Nc1ccc(CCC(=O)NCC(=O)N(C)c2ccc(Cl)c(COc3cccc4ccc(C)nc34)c2Cl)cn1. The van der Waals surface area contributed by atoms with Crippen molar-refractivity contribution < 1.29 is 19.1 Å². The van der Waals surface area contributed by atoms with Crippen molar-refractivity contribution in [1.82, 2.24) is 15.3 Å². The second-order valence-corrected chi connectivity index (χ2v) is 10.2. The number of pyridine rings is 2. The zero-order valence-electron chi connectivity index (χ0n) is 22.8. The van der Waals surface area contributed by atoms with Crippen LogP contribution < -0.4 is 20.3 Å². The molecule has 2 heterocycles. The number of nitrogens with one attached hydrogen (secondary N) is 2. The predicted molar refractivity (Wildman–Crippen MR) is 161 cm³/mol. The summed E-state index contributed by atoms with van der Waals surface area (Å²) in [6.07, 6.45) is 2.20. The Balaban J connectivity index is 1.35. The topological polar surface area (TPSA) is 114 Å². The molecule has 0 aliphatic heterocycles. The van der Waals surface area contributed by atoms with Gasteiger partial charge in [0.2, 0.25) is 17.7 Å². The first-order chi connectivity index (χ1) is 19.6. The van der Waals surface area contributed by atoms with E-state index in [2.05, 4.69) is 20.6 Å². The lowest BCUT2D eigenvalue weighted by atomic mass is 10.1. The molecule has 0 bridgehead atoms. The van der Waals surface area contributed by atoms with Gasteiger partial charge in [-0.25, -0.2) is 9.97 Å². The molecule has 9 nitrogen and oxygen atoms in total. The number of carbonyl (C=O) groups is 3. The van der Waals surface area contributed by atoms with Crippen molar-refractivity contribution in [2.45, 2.75) is 33.3 Å². The van der Waals surface area contributed by atoms with Crippen LogP contribution in [0.2, 0.25) is 10.0 Å². The number of aryl methyl sites for hydroxylation is 2. The van der Waals surface area contributed by atoms with Gasteiger partial charge in [-0.15, -0.1) is 0 Å². The molecule has 0 aliphatic carbocycles. The number of anilines is 2. The summed E-state index contributed by atoms with van der Waals surface area (Å²) in [6.45, 7) is 3.18. The molecule has 11 heteroatoms. The molecule has 0 spiro atoms. The van der Waals surface area contributed by atoms with Gasteiger partial charge in [-0.05, 0) is 49.2 Å². The fraction of sp³-hybridized carbons (Fsp3) is 0.233. The minimum atomic E-state index is -0.357. The van der Waals surface area contributed by atoms with Crippen molar-refractivity contribution in [3.8, 4) is 5.75 Å². The van der Waals surface area contributed by atoms with Gasteiger partial charge in [0, 0.05) is 48.3 Å². The highest BCUT2D eigenvalue weighted by atomic mass is 35.5. The molecule has 2 aromatic carbocycles. The van der Waals surface area contributed by atoms with Gasteiger partial charge in [0.15, 0.2) is 0 Å². The number of nitrogens with zero attached hydrogens (tertiary/aromatic N) is 3. The van der Waals surface area contributed by atoms with E-state index in [-0.39, 0.29) is 42.3 Å². The zero-order chi connectivity index (χ0) is 29.5. The Hall–Kier alpha value is -4.21. The van der Waals surface area contributed by atoms with E-state index in [1.807, 2.05) is 37.3 Å². The van der Waals surface area contributed by atoms with E-state index in [9.17, 15) is 14.4 Å². The Morgan fingerprint density at radius 3 is 2.56 bits per heavy atom. The lowest BCUT2D eigenvalue weighted by Gasteiger charge is -2.21. The first-order valence-electron chi connectivity index (χ1n) is 12.8. The molecule has 0 atom stereocenters. The fourth-order valence-electron chi connectivity index (χ4n) is 4.06. The van der Waals surface area contributed by atoms with Crippen molar-refractivity contribution in [3.63, 3.8) is 0 Å². The molecule has 2 N–H and O–H groups in total. The van der Waals surface area contributed by atoms with Crippen molar-refractivity contribution >= 4 is 63.3 Å². The smallest absolute Gasteiger partial charge is 0.246 e. The van der Waals surface area contributed by atoms with Crippen molar-refractivity contribution in [3.05, 3.63) is 87.7 Å². The summed E-state index contributed by atoms with van der Waals surface area (Å²) < 4.78 is 6.07. The van der Waals surface area contributed by atoms with E-state index in [1.165, 1.54) is 11.8 Å². The van der Waals surface area contributed by atoms with Crippen LogP contribution in [-0.2, 0) is 27.4 Å². The standard InChI is InChI=1S/C30H29Cl2N5O4/c1-18-7-10-21-5-4-6-25(30(21)35-18)41-17-22-23(31)11-12-24(29(22)32)37(3)28(40)16-34-27(39)14-9-20-8-13-26(33-15-20)36-19(2)38/h4-8,10-13,15H,9,14,16-17H2,1-3H3,(H,34,39)(H,33,36,38). The Labute approximate surface area is 247 Å². The number of hydrogen-bond acceptors (Lipinski definition) is 6. The van der Waals surface area contributed by atoms with Gasteiger partial charge in [-0.1, -0.05) is 47.5 Å². The number of carbonyl (C=O) groups excluding carboxylic acids is 3. The van der Waals surface area contributed by atoms with Crippen LogP contribution in [-0.4, -0.2) is 41.3 Å². The van der Waals surface area contributed by atoms with E-state index in [4.69, 9.17) is 27.9 Å². The van der Waals surface area contributed by atoms with Crippen LogP contribution in [0, 0.1) is 6.92 Å². The van der Waals surface area contributed by atoms with Crippen LogP contribution in [0.3, 0.4) is 0 Å². The lowest BCUT2D eigenvalue weighted by Crippen LogP contribution is -2.38. The third-order valence-corrected chi connectivity index (χ3v) is 7.08. The largest absolute Gasteiger partial charge is 0.487 e. The Morgan fingerprint density at radius 2 is 1.83 bits per heavy atom. The molecule has 4 rings (SSSR count). The summed E-state index contributed by atoms with van der Waals surface area (Å²) in [5.41, 5.74) is 3.39. The normalized spacial score (nSPS) is 10.8. The van der Waals surface area contributed by atoms with Crippen LogP contribution in [0.25, 0.3) is 10.9 Å². The molecule has 212 valence electrons. The molecule has 0 radical (unpaired) electrons. The third kappa shape index (κ3) is 7.71. The number of ether oxygens (including phenoxy) is 1. The minimum Gasteiger partial charge on any atom is -0.487 e. The summed E-state index contributed by atoms with van der Waals surface area (Å²) in [5.74, 6) is 0.181. The Morgan fingerprint density at radius 1 is 1.02 bits per heavy atom. The Kier molecular flexibility index (Phi) is 9.75. The molecule has 0 saturated heterocycles. The van der Waals surface area contributed by atoms with Crippen molar-refractivity contribution in [1.29, 1.82) is 0 Å². The van der Waals surface area contributed by atoms with Gasteiger partial charge in [-0.2, -0.15) is 0 Å². The lowest BCUT2D eigenvalue weighted by molar-refractivity contribution is -0.124. The van der Waals surface area contributed by atoms with Crippen LogP contribution in [0.4, 0.5) is 11.5 Å². The van der Waals surface area contributed by atoms with Gasteiger partial charge in [0.25, 0.3) is 0 Å². The summed E-state index contributed by atoms with van der Waals surface area (Å²) in [7, 11) is 1.58. The van der Waals surface area contributed by atoms with E-state index in [1.54, 1.807) is 37.5 Å². The van der Waals surface area contributed by atoms with Crippen LogP contribution in [0.1, 0.15) is 30.2 Å². The monoisotopic (exact) mass is 593 g/mol. The van der Waals surface area contributed by atoms with Crippen LogP contribution in [0.5, 0.6) is 5.75 Å². The van der Waals surface area contributed by atoms with Gasteiger partial charge in [0.1, 0.15) is 23.7 Å². The quantitative estimate of drug-likeness (QED) is 0.251. The number of hydrogen-bond donors (Lipinski definition) is 2. The molecule has 3 amide bonds. The number of benzene rings is 2. The van der Waals surface area contributed by atoms with Crippen LogP contribution >= 0.6 is 23.2 Å². The zero-order valence-corrected chi connectivity index (χ0v) is 24.3. The highest BCUT2D eigenvalue weighted by Crippen LogP contribution is 2.35. The number of fused-ring (bicyclic) bond motifs is 1. The number of amides is 3. The van der Waals surface area contributed by atoms with E-state index in [0.717, 1.165) is 22.2 Å². The second-order valence-electron chi connectivity index (χ2n) is 9.39. The van der Waals surface area contributed by atoms with Crippen molar-refractivity contribution in [2.75, 3.05) is 23.8 Å². The first-order valence-corrected chi connectivity index (χ1v) is 13.6. The first kappa shape index (κ1) is 29.8. The number of likely N-dealkylation sites (N-methyl/N-ethyl adjacent to an activating group) is 1. The molecular formula is C30H29Cl2N5O4. The summed E-state index contributed by atoms with van der Waals surface area (Å²) >= 11 is 13.1. The predicted octanol–water partition coefficient (Wildman–Crippen LogP) is 5.49. The molecular weight excluding hydrogens is 565 g/mol. The maximum absolute atomic E-state index is 12.9. The second kappa shape index (κ2) is 13.4. The number of halogens is 2. The Bertz CT molecular complexity index is 1590. The number of aromatic nitrogens is 2. The van der Waals surface area contributed by atoms with Gasteiger partial charge in [-0.3, -0.25) is 14.4 Å². The van der Waals surface area contributed by atoms with Gasteiger partial charge < -0.3 is 20.3 Å². The van der Waals surface area contributed by atoms with Gasteiger partial charge in [0.05, 0.1) is 17.3 Å². The van der Waals surface area contributed by atoms with Crippen molar-refractivity contribution in [2.24, 2.45) is 0 Å². The molecule has 0 fully saturated rings. The van der Waals surface area contributed by atoms with Gasteiger partial charge >= 0.3 is 0 Å². The van der Waals surface area contributed by atoms with E-state index in [0.29, 0.717) is 34.3 Å². The molecule has 0 unspecified atom stereocenters. The van der Waals surface area contributed by atoms with E-state index >= 15 is 0 Å². The molecule has 2 aromatic heterocycles. The third-order valence-electron chi connectivity index (χ3n) is 6.30.